The molecule has 142 valence electrons. The van der Waals surface area contributed by atoms with Gasteiger partial charge < -0.3 is 10.2 Å². The number of hydrogen-bond donors (Lipinski definition) is 2. The van der Waals surface area contributed by atoms with E-state index >= 15 is 0 Å². The summed E-state index contributed by atoms with van der Waals surface area (Å²) in [5, 5.41) is 15.7. The average Bonchev–Trinajstić information content (AvgIpc) is 3.16. The van der Waals surface area contributed by atoms with Crippen LogP contribution in [0.25, 0.3) is 0 Å². The van der Waals surface area contributed by atoms with E-state index in [0.29, 0.717) is 0 Å². The van der Waals surface area contributed by atoms with Crippen molar-refractivity contribution in [1.29, 1.82) is 0 Å². The number of alkyl halides is 6. The first-order valence-electron chi connectivity index (χ1n) is 5.82. The molecule has 11 heteroatoms. The molecule has 2 aromatic carbocycles. The summed E-state index contributed by atoms with van der Waals surface area (Å²) in [4.78, 5) is 19.2. The van der Waals surface area contributed by atoms with Crippen LogP contribution >= 0.6 is 69.6 Å². The molecule has 0 aliphatic rings. The number of rotatable bonds is 0. The Morgan fingerprint density at radius 1 is 0.640 bits per heavy atom. The van der Waals surface area contributed by atoms with Gasteiger partial charge in [0.1, 0.15) is 0 Å². The molecule has 25 heavy (non-hydrogen) atoms. The van der Waals surface area contributed by atoms with E-state index in [9.17, 15) is 9.59 Å². The first-order valence-corrected chi connectivity index (χ1v) is 8.09. The Kier molecular flexibility index (Phi) is 19.1. The maximum absolute atomic E-state index is 9.62. The van der Waals surface area contributed by atoms with Crippen molar-refractivity contribution in [1.82, 2.24) is 0 Å². The maximum atomic E-state index is 9.62. The number of halogens is 6. The average molecular weight is 513 g/mol. The Morgan fingerprint density at radius 3 is 0.840 bits per heavy atom. The summed E-state index contributed by atoms with van der Waals surface area (Å²) in [6.45, 7) is 0. The van der Waals surface area contributed by atoms with Crippen molar-refractivity contribution in [3.05, 3.63) is 60.7 Å². The van der Waals surface area contributed by atoms with E-state index in [2.05, 4.69) is 0 Å². The van der Waals surface area contributed by atoms with E-state index in [4.69, 9.17) is 79.8 Å². The second-order valence-corrected chi connectivity index (χ2v) is 8.09. The Morgan fingerprint density at radius 2 is 0.800 bits per heavy atom. The van der Waals surface area contributed by atoms with Gasteiger partial charge in [-0.25, -0.2) is 33.9 Å². The minimum atomic E-state index is -2.17. The van der Waals surface area contributed by atoms with Crippen LogP contribution < -0.4 is 0 Å². The summed E-state index contributed by atoms with van der Waals surface area (Å²) in [6.07, 6.45) is 0. The predicted octanol–water partition coefficient (Wildman–Crippen LogP) is 5.69. The summed E-state index contributed by atoms with van der Waals surface area (Å²) >= 11 is 28.8. The molecule has 0 bridgehead atoms. The van der Waals surface area contributed by atoms with Gasteiger partial charge in [-0.15, -0.1) is 0 Å². The summed E-state index contributed by atoms with van der Waals surface area (Å²) in [5.41, 5.74) is 0. The quantitative estimate of drug-likeness (QED) is 0.270. The van der Waals surface area contributed by atoms with E-state index in [1.807, 2.05) is 60.7 Å². The summed E-state index contributed by atoms with van der Waals surface area (Å²) in [5.74, 6) is -2.92. The number of carboxylic acid groups (broad SMARTS) is 2. The van der Waals surface area contributed by atoms with Gasteiger partial charge in [-0.3, -0.25) is 0 Å². The molecule has 2 rings (SSSR count). The molecule has 0 aromatic heterocycles. The first-order chi connectivity index (χ1) is 10.9. The molecule has 4 nitrogen and oxygen atoms in total. The van der Waals surface area contributed by atoms with Gasteiger partial charge in [-0.1, -0.05) is 69.6 Å². The van der Waals surface area contributed by atoms with Gasteiger partial charge in [0.25, 0.3) is 7.59 Å². The Balaban J connectivity index is -0.000000257. The second kappa shape index (κ2) is 16.1. The minimum Gasteiger partial charge on any atom is -0.478 e. The molecule has 0 aliphatic carbocycles. The molecule has 2 N–H and O–H groups in total. The van der Waals surface area contributed by atoms with E-state index in [1.54, 1.807) is 0 Å². The van der Waals surface area contributed by atoms with E-state index in [1.165, 1.54) is 0 Å². The molecule has 0 amide bonds. The largest absolute Gasteiger partial charge is 2.00 e. The third-order valence-corrected chi connectivity index (χ3v) is 2.57. The van der Waals surface area contributed by atoms with E-state index < -0.39 is 19.5 Å². The monoisotopic (exact) mass is 510 g/mol. The van der Waals surface area contributed by atoms with Crippen LogP contribution in [-0.4, -0.2) is 29.7 Å². The zero-order valence-corrected chi connectivity index (χ0v) is 17.7. The van der Waals surface area contributed by atoms with Crippen molar-refractivity contribution >= 4 is 81.5 Å². The molecule has 0 radical (unpaired) electrons. The van der Waals surface area contributed by atoms with Crippen LogP contribution in [0.3, 0.4) is 0 Å². The van der Waals surface area contributed by atoms with Crippen LogP contribution in [0.15, 0.2) is 60.7 Å². The van der Waals surface area contributed by atoms with Crippen molar-refractivity contribution in [2.24, 2.45) is 0 Å². The first kappa shape index (κ1) is 29.7. The van der Waals surface area contributed by atoms with Crippen molar-refractivity contribution in [2.45, 2.75) is 7.59 Å². The van der Waals surface area contributed by atoms with Gasteiger partial charge in [0.2, 0.25) is 0 Å². The predicted molar refractivity (Wildman–Crippen MR) is 99.9 cm³/mol. The molecule has 0 aliphatic heterocycles. The zero-order valence-electron chi connectivity index (χ0n) is 12.1. The number of hydrogen-bond acceptors (Lipinski definition) is 2. The molecule has 0 saturated heterocycles. The smallest absolute Gasteiger partial charge is 0.478 e. The molecule has 2 aromatic rings. The zero-order chi connectivity index (χ0) is 19.2. The van der Waals surface area contributed by atoms with Crippen LogP contribution in [0.2, 0.25) is 0 Å². The Bertz CT molecular complexity index is 448. The van der Waals surface area contributed by atoms with Crippen LogP contribution in [-0.2, 0) is 26.7 Å². The van der Waals surface area contributed by atoms with Crippen LogP contribution in [0.4, 0.5) is 0 Å². The molecular formula is C14H12Cl6FeO4. The fraction of sp³-hybridized carbons (Fsp3) is 0.143. The van der Waals surface area contributed by atoms with Crippen molar-refractivity contribution < 1.29 is 36.9 Å². The van der Waals surface area contributed by atoms with Crippen LogP contribution in [0, 0.1) is 0 Å². The molecule has 0 heterocycles. The van der Waals surface area contributed by atoms with Gasteiger partial charge in [-0.05, 0) is 0 Å². The number of aliphatic carboxylic acids is 2. The molecule has 0 saturated carbocycles. The maximum Gasteiger partial charge on any atom is 2.00 e. The Labute approximate surface area is 185 Å². The van der Waals surface area contributed by atoms with Gasteiger partial charge in [-0.2, -0.15) is 36.4 Å². The minimum absolute atomic E-state index is 0. The Hall–Kier alpha value is -0.101. The molecule has 0 unspecified atom stereocenters. The standard InChI is InChI=1S/2C5H5.2C2HCl3O2.Fe/c2*1-2-4-5-3-1;2*3-2(4,5)1(6)7;/h2*1-5H;2*(H,6,7);/q2*-1;;;+2. The number of carbonyl (C=O) groups is 2. The molecule has 0 fully saturated rings. The van der Waals surface area contributed by atoms with Gasteiger partial charge in [0.05, 0.1) is 0 Å². The third-order valence-electron chi connectivity index (χ3n) is 1.60. The SMILES string of the molecule is O=C(O)C(Cl)(Cl)Cl.O=C(O)C(Cl)(Cl)Cl.[Fe+2].c1cc[cH-]c1.c1cc[cH-]c1. The normalized spacial score (nSPS) is 9.52. The molecular weight excluding hydrogens is 501 g/mol. The van der Waals surface area contributed by atoms with Crippen LogP contribution in [0.1, 0.15) is 0 Å². The van der Waals surface area contributed by atoms with Gasteiger partial charge in [0.15, 0.2) is 0 Å². The fourth-order valence-electron chi connectivity index (χ4n) is 0.642. The van der Waals surface area contributed by atoms with Gasteiger partial charge >= 0.3 is 29.0 Å². The summed E-state index contributed by atoms with van der Waals surface area (Å²) < 4.78 is -4.33. The molecule has 0 atom stereocenters. The van der Waals surface area contributed by atoms with Crippen molar-refractivity contribution in [2.75, 3.05) is 0 Å². The summed E-state index contributed by atoms with van der Waals surface area (Å²) in [6, 6.07) is 20.0. The molecule has 0 spiro atoms. The summed E-state index contributed by atoms with van der Waals surface area (Å²) in [7, 11) is 0. The number of carboxylic acids is 2. The second-order valence-electron chi connectivity index (χ2n) is 3.53. The van der Waals surface area contributed by atoms with Crippen molar-refractivity contribution in [3.63, 3.8) is 0 Å². The van der Waals surface area contributed by atoms with Crippen molar-refractivity contribution in [3.8, 4) is 0 Å². The fourth-order valence-corrected chi connectivity index (χ4v) is 0.642. The third kappa shape index (κ3) is 23.9. The van der Waals surface area contributed by atoms with E-state index in [-0.39, 0.29) is 17.1 Å². The van der Waals surface area contributed by atoms with E-state index in [0.717, 1.165) is 0 Å². The van der Waals surface area contributed by atoms with Gasteiger partial charge in [0, 0.05) is 0 Å². The topological polar surface area (TPSA) is 74.6 Å². The van der Waals surface area contributed by atoms with Crippen LogP contribution in [0.5, 0.6) is 0 Å².